The molecule has 0 heterocycles. The van der Waals surface area contributed by atoms with Gasteiger partial charge in [-0.05, 0) is 25.0 Å². The maximum atomic E-state index is 12.2. The number of halogens is 3. The largest absolute Gasteiger partial charge is 0.573 e. The van der Waals surface area contributed by atoms with Gasteiger partial charge in [-0.3, -0.25) is 0 Å². The first-order chi connectivity index (χ1) is 10.6. The molecule has 9 heteroatoms. The zero-order valence-electron chi connectivity index (χ0n) is 12.4. The molecule has 1 aromatic carbocycles. The molecule has 1 aliphatic carbocycles. The number of alkyl halides is 3. The van der Waals surface area contributed by atoms with Gasteiger partial charge in [0.2, 0.25) is 10.0 Å². The van der Waals surface area contributed by atoms with Gasteiger partial charge in [-0.1, -0.05) is 25.3 Å². The smallest absolute Gasteiger partial charge is 0.406 e. The highest BCUT2D eigenvalue weighted by atomic mass is 32.2. The lowest BCUT2D eigenvalue weighted by Gasteiger charge is -2.33. The lowest BCUT2D eigenvalue weighted by Crippen LogP contribution is -2.51. The van der Waals surface area contributed by atoms with Crippen molar-refractivity contribution in [1.82, 2.24) is 4.72 Å². The number of benzene rings is 1. The number of nitrogens with two attached hydrogens (primary N) is 1. The maximum absolute atomic E-state index is 12.2. The molecule has 0 aliphatic heterocycles. The summed E-state index contributed by atoms with van der Waals surface area (Å²) >= 11 is 0. The van der Waals surface area contributed by atoms with Crippen LogP contribution in [0, 0.1) is 0 Å². The van der Waals surface area contributed by atoms with Crippen LogP contribution in [-0.4, -0.2) is 26.9 Å². The van der Waals surface area contributed by atoms with Crippen LogP contribution in [0.25, 0.3) is 0 Å². The van der Waals surface area contributed by atoms with E-state index in [1.807, 2.05) is 0 Å². The van der Waals surface area contributed by atoms with Crippen molar-refractivity contribution in [3.8, 4) is 5.75 Å². The van der Waals surface area contributed by atoms with E-state index in [4.69, 9.17) is 5.73 Å². The molecule has 0 unspecified atom stereocenters. The zero-order chi connectivity index (χ0) is 17.1. The molecule has 0 spiro atoms. The Balaban J connectivity index is 2.08. The van der Waals surface area contributed by atoms with Crippen LogP contribution in [-0.2, 0) is 10.0 Å². The molecule has 0 radical (unpaired) electrons. The number of hydrogen-bond donors (Lipinski definition) is 2. The molecule has 5 nitrogen and oxygen atoms in total. The van der Waals surface area contributed by atoms with Crippen molar-refractivity contribution in [1.29, 1.82) is 0 Å². The van der Waals surface area contributed by atoms with Crippen LogP contribution in [0.5, 0.6) is 5.75 Å². The molecule has 0 saturated heterocycles. The molecule has 2 rings (SSSR count). The predicted molar refractivity (Wildman–Crippen MR) is 78.3 cm³/mol. The van der Waals surface area contributed by atoms with Crippen LogP contribution in [0.4, 0.5) is 13.2 Å². The summed E-state index contributed by atoms with van der Waals surface area (Å²) in [4.78, 5) is -0.293. The van der Waals surface area contributed by atoms with Crippen molar-refractivity contribution in [3.63, 3.8) is 0 Å². The normalized spacial score (nSPS) is 18.6. The average molecular weight is 352 g/mol. The number of hydrogen-bond acceptors (Lipinski definition) is 4. The zero-order valence-corrected chi connectivity index (χ0v) is 13.2. The van der Waals surface area contributed by atoms with Crippen molar-refractivity contribution in [2.45, 2.75) is 48.9 Å². The molecular weight excluding hydrogens is 333 g/mol. The number of rotatable bonds is 5. The summed E-state index contributed by atoms with van der Waals surface area (Å²) in [5, 5.41) is 0. The maximum Gasteiger partial charge on any atom is 0.573 e. The topological polar surface area (TPSA) is 81.4 Å². The van der Waals surface area contributed by atoms with E-state index in [9.17, 15) is 21.6 Å². The monoisotopic (exact) mass is 352 g/mol. The summed E-state index contributed by atoms with van der Waals surface area (Å²) in [7, 11) is -3.95. The minimum Gasteiger partial charge on any atom is -0.406 e. The van der Waals surface area contributed by atoms with Crippen molar-refractivity contribution < 1.29 is 26.3 Å². The highest BCUT2D eigenvalue weighted by Crippen LogP contribution is 2.27. The molecule has 0 atom stereocenters. The van der Waals surface area contributed by atoms with E-state index in [0.717, 1.165) is 31.4 Å². The van der Waals surface area contributed by atoms with Crippen molar-refractivity contribution >= 4 is 10.0 Å². The van der Waals surface area contributed by atoms with Gasteiger partial charge in [0.15, 0.2) is 0 Å². The molecule has 0 amide bonds. The van der Waals surface area contributed by atoms with Crippen molar-refractivity contribution in [2.75, 3.05) is 6.54 Å². The van der Waals surface area contributed by atoms with Gasteiger partial charge in [0, 0.05) is 18.2 Å². The third-order valence-electron chi connectivity index (χ3n) is 3.81. The van der Waals surface area contributed by atoms with E-state index in [2.05, 4.69) is 9.46 Å². The predicted octanol–water partition coefficient (Wildman–Crippen LogP) is 2.53. The summed E-state index contributed by atoms with van der Waals surface area (Å²) < 4.78 is 67.2. The van der Waals surface area contributed by atoms with Crippen LogP contribution in [0.15, 0.2) is 29.2 Å². The fraction of sp³-hybridized carbons (Fsp3) is 0.571. The minimum atomic E-state index is -4.88. The van der Waals surface area contributed by atoms with Gasteiger partial charge in [0.05, 0.1) is 4.90 Å². The van der Waals surface area contributed by atoms with Crippen LogP contribution < -0.4 is 15.2 Å². The Kier molecular flexibility index (Phi) is 5.22. The number of sulfonamides is 1. The molecule has 1 fully saturated rings. The van der Waals surface area contributed by atoms with Crippen molar-refractivity contribution in [3.05, 3.63) is 24.3 Å². The fourth-order valence-corrected chi connectivity index (χ4v) is 3.77. The van der Waals surface area contributed by atoms with Gasteiger partial charge in [-0.2, -0.15) is 0 Å². The Labute approximate surface area is 133 Å². The second-order valence-electron chi connectivity index (χ2n) is 5.77. The van der Waals surface area contributed by atoms with E-state index >= 15 is 0 Å². The van der Waals surface area contributed by atoms with Gasteiger partial charge >= 0.3 is 6.36 Å². The molecule has 0 bridgehead atoms. The van der Waals surface area contributed by atoms with Gasteiger partial charge in [-0.15, -0.1) is 13.2 Å². The Hall–Kier alpha value is -1.32. The molecule has 130 valence electrons. The summed E-state index contributed by atoms with van der Waals surface area (Å²) in [6.45, 7) is 0.0552. The molecule has 1 saturated carbocycles. The highest BCUT2D eigenvalue weighted by molar-refractivity contribution is 7.89. The van der Waals surface area contributed by atoms with Gasteiger partial charge in [-0.25, -0.2) is 13.1 Å². The van der Waals surface area contributed by atoms with E-state index in [0.29, 0.717) is 12.8 Å². The molecule has 3 N–H and O–H groups in total. The third-order valence-corrected chi connectivity index (χ3v) is 5.21. The minimum absolute atomic E-state index is 0.0552. The van der Waals surface area contributed by atoms with E-state index in [1.165, 1.54) is 12.1 Å². The summed E-state index contributed by atoms with van der Waals surface area (Å²) in [5.41, 5.74) is 5.55. The summed E-state index contributed by atoms with van der Waals surface area (Å²) in [6.07, 6.45) is -0.498. The molecular formula is C14H19F3N2O3S. The molecule has 1 aromatic rings. The highest BCUT2D eigenvalue weighted by Gasteiger charge is 2.32. The molecule has 0 aromatic heterocycles. The van der Waals surface area contributed by atoms with Gasteiger partial charge in [0.1, 0.15) is 5.75 Å². The van der Waals surface area contributed by atoms with E-state index in [-0.39, 0.29) is 11.4 Å². The van der Waals surface area contributed by atoms with Crippen LogP contribution >= 0.6 is 0 Å². The standard InChI is InChI=1S/C14H19F3N2O3S/c15-14(16,17)22-11-5-4-6-12(9-11)23(20,21)19-10-13(18)7-2-1-3-8-13/h4-6,9,19H,1-3,7-8,10,18H2. The Morgan fingerprint density at radius 2 is 1.87 bits per heavy atom. The van der Waals surface area contributed by atoms with E-state index < -0.39 is 27.7 Å². The first-order valence-corrected chi connectivity index (χ1v) is 8.72. The molecule has 23 heavy (non-hydrogen) atoms. The lowest BCUT2D eigenvalue weighted by molar-refractivity contribution is -0.274. The molecule has 1 aliphatic rings. The Morgan fingerprint density at radius 1 is 1.22 bits per heavy atom. The second-order valence-corrected chi connectivity index (χ2v) is 7.54. The fourth-order valence-electron chi connectivity index (χ4n) is 2.59. The lowest BCUT2D eigenvalue weighted by atomic mass is 9.83. The summed E-state index contributed by atoms with van der Waals surface area (Å²) in [6, 6.07) is 4.27. The SMILES string of the molecule is NC1(CNS(=O)(=O)c2cccc(OC(F)(F)F)c2)CCCCC1. The van der Waals surface area contributed by atoms with Gasteiger partial charge in [0.25, 0.3) is 0 Å². The van der Waals surface area contributed by atoms with Gasteiger partial charge < -0.3 is 10.5 Å². The average Bonchev–Trinajstić information content (AvgIpc) is 2.45. The first kappa shape index (κ1) is 18.0. The number of ether oxygens (including phenoxy) is 1. The van der Waals surface area contributed by atoms with Crippen LogP contribution in [0.3, 0.4) is 0 Å². The number of nitrogens with one attached hydrogen (secondary N) is 1. The summed E-state index contributed by atoms with van der Waals surface area (Å²) in [5.74, 6) is -0.583. The van der Waals surface area contributed by atoms with Crippen LogP contribution in [0.2, 0.25) is 0 Å². The van der Waals surface area contributed by atoms with Crippen molar-refractivity contribution in [2.24, 2.45) is 5.73 Å². The Bertz CT molecular complexity index is 641. The third kappa shape index (κ3) is 5.36. The first-order valence-electron chi connectivity index (χ1n) is 7.24. The van der Waals surface area contributed by atoms with E-state index in [1.54, 1.807) is 0 Å². The Morgan fingerprint density at radius 3 is 2.48 bits per heavy atom. The van der Waals surface area contributed by atoms with Crippen LogP contribution in [0.1, 0.15) is 32.1 Å². The second kappa shape index (κ2) is 6.66. The quantitative estimate of drug-likeness (QED) is 0.853.